The van der Waals surface area contributed by atoms with Gasteiger partial charge in [-0.1, -0.05) is 6.92 Å². The first-order chi connectivity index (χ1) is 8.28. The van der Waals surface area contributed by atoms with Crippen LogP contribution in [0.5, 0.6) is 5.75 Å². The Bertz CT molecular complexity index is 346. The molecule has 3 heteroatoms. The third kappa shape index (κ3) is 3.70. The lowest BCUT2D eigenvalue weighted by Gasteiger charge is -2.29. The first kappa shape index (κ1) is 12.4. The smallest absolute Gasteiger partial charge is 0.122 e. The lowest BCUT2D eigenvalue weighted by atomic mass is 9.99. The van der Waals surface area contributed by atoms with Crippen LogP contribution in [0.25, 0.3) is 0 Å². The normalized spacial score (nSPS) is 18.2. The molecule has 0 N–H and O–H groups in total. The molecule has 1 aliphatic rings. The predicted molar refractivity (Wildman–Crippen MR) is 69.1 cm³/mol. The second-order valence-electron chi connectivity index (χ2n) is 4.87. The monoisotopic (exact) mass is 234 g/mol. The van der Waals surface area contributed by atoms with Crippen molar-refractivity contribution in [3.05, 3.63) is 24.0 Å². The third-order valence-electron chi connectivity index (χ3n) is 3.36. The second-order valence-corrected chi connectivity index (χ2v) is 4.87. The van der Waals surface area contributed by atoms with Crippen LogP contribution < -0.4 is 4.74 Å². The molecule has 3 nitrogen and oxygen atoms in total. The molecule has 0 radical (unpaired) electrons. The first-order valence-corrected chi connectivity index (χ1v) is 6.58. The van der Waals surface area contributed by atoms with Gasteiger partial charge in [0.2, 0.25) is 0 Å². The average molecular weight is 234 g/mol. The molecule has 0 saturated carbocycles. The van der Waals surface area contributed by atoms with Gasteiger partial charge in [-0.25, -0.2) is 0 Å². The average Bonchev–Trinajstić information content (AvgIpc) is 2.33. The van der Waals surface area contributed by atoms with E-state index in [0.717, 1.165) is 23.9 Å². The number of likely N-dealkylation sites (tertiary alicyclic amines) is 1. The fourth-order valence-corrected chi connectivity index (χ4v) is 2.25. The van der Waals surface area contributed by atoms with Crippen molar-refractivity contribution in [1.29, 1.82) is 0 Å². The number of aromatic nitrogens is 1. The molecular weight excluding hydrogens is 212 g/mol. The van der Waals surface area contributed by atoms with E-state index in [4.69, 9.17) is 4.74 Å². The van der Waals surface area contributed by atoms with Crippen molar-refractivity contribution in [1.82, 2.24) is 9.88 Å². The van der Waals surface area contributed by atoms with Gasteiger partial charge in [0.15, 0.2) is 0 Å². The highest BCUT2D eigenvalue weighted by molar-refractivity contribution is 5.22. The zero-order valence-corrected chi connectivity index (χ0v) is 10.9. The molecule has 0 aliphatic carbocycles. The van der Waals surface area contributed by atoms with Crippen LogP contribution in [0.15, 0.2) is 18.3 Å². The zero-order valence-electron chi connectivity index (χ0n) is 10.9. The highest BCUT2D eigenvalue weighted by atomic mass is 16.5. The first-order valence-electron chi connectivity index (χ1n) is 6.58. The van der Waals surface area contributed by atoms with Gasteiger partial charge < -0.3 is 4.74 Å². The molecule has 0 spiro atoms. The second kappa shape index (κ2) is 6.01. The number of nitrogens with zero attached hydrogens (tertiary/aromatic N) is 2. The standard InChI is InChI=1S/C14H22N2O/c1-3-17-14-4-7-15-13(10-14)11-16-8-5-12(2)6-9-16/h4,7,10,12H,3,5-6,8-9,11H2,1-2H3. The van der Waals surface area contributed by atoms with Crippen molar-refractivity contribution in [2.75, 3.05) is 19.7 Å². The molecule has 2 heterocycles. The maximum atomic E-state index is 5.49. The van der Waals surface area contributed by atoms with Gasteiger partial charge in [0, 0.05) is 18.8 Å². The van der Waals surface area contributed by atoms with Crippen molar-refractivity contribution in [2.24, 2.45) is 5.92 Å². The van der Waals surface area contributed by atoms with E-state index >= 15 is 0 Å². The number of pyridine rings is 1. The summed E-state index contributed by atoms with van der Waals surface area (Å²) in [6, 6.07) is 3.98. The number of ether oxygens (including phenoxy) is 1. The Kier molecular flexibility index (Phi) is 4.37. The largest absolute Gasteiger partial charge is 0.494 e. The van der Waals surface area contributed by atoms with Gasteiger partial charge in [0.25, 0.3) is 0 Å². The molecule has 1 aliphatic heterocycles. The molecule has 1 fully saturated rings. The van der Waals surface area contributed by atoms with E-state index in [9.17, 15) is 0 Å². The number of hydrogen-bond acceptors (Lipinski definition) is 3. The SMILES string of the molecule is CCOc1ccnc(CN2CCC(C)CC2)c1. The van der Waals surface area contributed by atoms with Crippen molar-refractivity contribution in [3.8, 4) is 5.75 Å². The van der Waals surface area contributed by atoms with Gasteiger partial charge in [0.1, 0.15) is 5.75 Å². The maximum Gasteiger partial charge on any atom is 0.122 e. The molecule has 0 atom stereocenters. The molecule has 94 valence electrons. The maximum absolute atomic E-state index is 5.49. The molecular formula is C14H22N2O. The predicted octanol–water partition coefficient (Wildman–Crippen LogP) is 2.71. The van der Waals surface area contributed by atoms with Crippen LogP contribution in [0.2, 0.25) is 0 Å². The van der Waals surface area contributed by atoms with Crippen molar-refractivity contribution >= 4 is 0 Å². The molecule has 1 saturated heterocycles. The van der Waals surface area contributed by atoms with Crippen LogP contribution >= 0.6 is 0 Å². The van der Waals surface area contributed by atoms with Crippen LogP contribution in [0, 0.1) is 5.92 Å². The van der Waals surface area contributed by atoms with Crippen LogP contribution in [-0.2, 0) is 6.54 Å². The summed E-state index contributed by atoms with van der Waals surface area (Å²) in [4.78, 5) is 6.90. The number of piperidine rings is 1. The van der Waals surface area contributed by atoms with Crippen molar-refractivity contribution < 1.29 is 4.74 Å². The minimum absolute atomic E-state index is 0.713. The summed E-state index contributed by atoms with van der Waals surface area (Å²) < 4.78 is 5.49. The number of hydrogen-bond donors (Lipinski definition) is 0. The van der Waals surface area contributed by atoms with Crippen LogP contribution in [-0.4, -0.2) is 29.6 Å². The highest BCUT2D eigenvalue weighted by Gasteiger charge is 2.16. The van der Waals surface area contributed by atoms with Gasteiger partial charge in [0.05, 0.1) is 12.3 Å². The Morgan fingerprint density at radius 1 is 1.41 bits per heavy atom. The summed E-state index contributed by atoms with van der Waals surface area (Å²) in [7, 11) is 0. The Morgan fingerprint density at radius 3 is 2.88 bits per heavy atom. The molecule has 1 aromatic heterocycles. The highest BCUT2D eigenvalue weighted by Crippen LogP contribution is 2.18. The van der Waals surface area contributed by atoms with Crippen molar-refractivity contribution in [2.45, 2.75) is 33.2 Å². The lowest BCUT2D eigenvalue weighted by molar-refractivity contribution is 0.183. The molecule has 2 rings (SSSR count). The van der Waals surface area contributed by atoms with Gasteiger partial charge in [-0.2, -0.15) is 0 Å². The van der Waals surface area contributed by atoms with Gasteiger partial charge in [-0.05, 0) is 44.8 Å². The molecule has 17 heavy (non-hydrogen) atoms. The topological polar surface area (TPSA) is 25.4 Å². The molecule has 0 amide bonds. The fourth-order valence-electron chi connectivity index (χ4n) is 2.25. The summed E-state index contributed by atoms with van der Waals surface area (Å²) in [6.45, 7) is 8.40. The van der Waals surface area contributed by atoms with E-state index < -0.39 is 0 Å². The van der Waals surface area contributed by atoms with E-state index in [1.54, 1.807) is 0 Å². The summed E-state index contributed by atoms with van der Waals surface area (Å²) in [5.41, 5.74) is 1.12. The Labute approximate surface area is 104 Å². The third-order valence-corrected chi connectivity index (χ3v) is 3.36. The van der Waals surface area contributed by atoms with E-state index in [2.05, 4.69) is 22.9 Å². The quantitative estimate of drug-likeness (QED) is 0.801. The van der Waals surface area contributed by atoms with Crippen molar-refractivity contribution in [3.63, 3.8) is 0 Å². The van der Waals surface area contributed by atoms with Crippen LogP contribution in [0.3, 0.4) is 0 Å². The number of rotatable bonds is 4. The summed E-state index contributed by atoms with van der Waals surface area (Å²) in [6.07, 6.45) is 4.46. The Hall–Kier alpha value is -1.09. The van der Waals surface area contributed by atoms with Crippen LogP contribution in [0.1, 0.15) is 32.4 Å². The van der Waals surface area contributed by atoms with Gasteiger partial charge in [-0.3, -0.25) is 9.88 Å². The van der Waals surface area contributed by atoms with E-state index in [1.165, 1.54) is 25.9 Å². The van der Waals surface area contributed by atoms with E-state index in [1.807, 2.05) is 19.2 Å². The Balaban J connectivity index is 1.91. The van der Waals surface area contributed by atoms with Gasteiger partial charge in [-0.15, -0.1) is 0 Å². The zero-order chi connectivity index (χ0) is 12.1. The minimum Gasteiger partial charge on any atom is -0.494 e. The van der Waals surface area contributed by atoms with E-state index in [0.29, 0.717) is 6.61 Å². The minimum atomic E-state index is 0.713. The summed E-state index contributed by atoms with van der Waals surface area (Å²) >= 11 is 0. The lowest BCUT2D eigenvalue weighted by Crippen LogP contribution is -2.32. The molecule has 0 unspecified atom stereocenters. The molecule has 0 aromatic carbocycles. The van der Waals surface area contributed by atoms with E-state index in [-0.39, 0.29) is 0 Å². The Morgan fingerprint density at radius 2 is 2.18 bits per heavy atom. The molecule has 1 aromatic rings. The summed E-state index contributed by atoms with van der Waals surface area (Å²) in [5.74, 6) is 1.82. The fraction of sp³-hybridized carbons (Fsp3) is 0.643. The summed E-state index contributed by atoms with van der Waals surface area (Å²) in [5, 5.41) is 0. The van der Waals surface area contributed by atoms with Crippen LogP contribution in [0.4, 0.5) is 0 Å². The molecule has 0 bridgehead atoms. The van der Waals surface area contributed by atoms with Gasteiger partial charge >= 0.3 is 0 Å².